The Kier molecular flexibility index (Phi) is 8.65. The summed E-state index contributed by atoms with van der Waals surface area (Å²) in [5.74, 6) is 0. The van der Waals surface area contributed by atoms with Crippen molar-refractivity contribution >= 4 is 12.5 Å². The molecule has 0 aromatic carbocycles. The molecular weight excluding hydrogens is 212 g/mol. The Morgan fingerprint density at radius 3 is 2.65 bits per heavy atom. The predicted molar refractivity (Wildman–Crippen MR) is 74.1 cm³/mol. The lowest BCUT2D eigenvalue weighted by Gasteiger charge is -2.02. The van der Waals surface area contributed by atoms with Crippen LogP contribution < -0.4 is 5.73 Å². The van der Waals surface area contributed by atoms with Gasteiger partial charge in [-0.2, -0.15) is 0 Å². The van der Waals surface area contributed by atoms with E-state index >= 15 is 0 Å². The summed E-state index contributed by atoms with van der Waals surface area (Å²) in [6.07, 6.45) is 9.28. The molecule has 0 aliphatic rings. The van der Waals surface area contributed by atoms with Gasteiger partial charge in [0, 0.05) is 29.6 Å². The van der Waals surface area contributed by atoms with Crippen molar-refractivity contribution in [1.29, 1.82) is 0 Å². The highest BCUT2D eigenvalue weighted by molar-refractivity contribution is 5.97. The second-order valence-corrected chi connectivity index (χ2v) is 3.75. The minimum absolute atomic E-state index is 0.361. The molecule has 0 unspecified atom stereocenters. The SMILES string of the molecule is C=C(C=O)C(C=NCCCCC)=C(N)/C=C\C. The molecule has 3 nitrogen and oxygen atoms in total. The average molecular weight is 234 g/mol. The first kappa shape index (κ1) is 15.4. The van der Waals surface area contributed by atoms with Gasteiger partial charge in [0.2, 0.25) is 0 Å². The van der Waals surface area contributed by atoms with E-state index in [9.17, 15) is 4.79 Å². The number of carbonyl (C=O) groups is 1. The van der Waals surface area contributed by atoms with Crippen LogP contribution in [-0.4, -0.2) is 19.0 Å². The molecule has 0 aliphatic carbocycles. The summed E-state index contributed by atoms with van der Waals surface area (Å²) in [7, 11) is 0. The van der Waals surface area contributed by atoms with Crippen molar-refractivity contribution in [3.05, 3.63) is 35.6 Å². The molecule has 2 N–H and O–H groups in total. The molecule has 17 heavy (non-hydrogen) atoms. The Hall–Kier alpha value is -1.64. The van der Waals surface area contributed by atoms with Crippen LogP contribution in [0.1, 0.15) is 33.1 Å². The summed E-state index contributed by atoms with van der Waals surface area (Å²) < 4.78 is 0. The van der Waals surface area contributed by atoms with Crippen LogP contribution in [0.3, 0.4) is 0 Å². The van der Waals surface area contributed by atoms with Crippen molar-refractivity contribution in [2.75, 3.05) is 6.54 Å². The van der Waals surface area contributed by atoms with Gasteiger partial charge in [-0.05, 0) is 19.4 Å². The van der Waals surface area contributed by atoms with E-state index in [2.05, 4.69) is 18.5 Å². The minimum Gasteiger partial charge on any atom is -0.398 e. The maximum absolute atomic E-state index is 10.7. The molecule has 0 atom stereocenters. The third-order valence-corrected chi connectivity index (χ3v) is 2.26. The molecule has 0 fully saturated rings. The van der Waals surface area contributed by atoms with Crippen LogP contribution in [0.2, 0.25) is 0 Å². The topological polar surface area (TPSA) is 55.5 Å². The van der Waals surface area contributed by atoms with Gasteiger partial charge in [0.05, 0.1) is 0 Å². The van der Waals surface area contributed by atoms with Gasteiger partial charge >= 0.3 is 0 Å². The van der Waals surface area contributed by atoms with Gasteiger partial charge in [-0.1, -0.05) is 32.4 Å². The normalized spacial score (nSPS) is 13.1. The van der Waals surface area contributed by atoms with E-state index < -0.39 is 0 Å². The number of aldehydes is 1. The third-order valence-electron chi connectivity index (χ3n) is 2.26. The van der Waals surface area contributed by atoms with E-state index in [1.165, 1.54) is 6.42 Å². The van der Waals surface area contributed by atoms with Crippen LogP contribution in [0.4, 0.5) is 0 Å². The molecule has 0 amide bonds. The highest BCUT2D eigenvalue weighted by atomic mass is 16.1. The second kappa shape index (κ2) is 9.58. The van der Waals surface area contributed by atoms with E-state index in [-0.39, 0.29) is 0 Å². The smallest absolute Gasteiger partial charge is 0.150 e. The number of nitrogens with zero attached hydrogens (tertiary/aromatic N) is 1. The summed E-state index contributed by atoms with van der Waals surface area (Å²) in [5.41, 5.74) is 7.31. The fourth-order valence-electron chi connectivity index (χ4n) is 1.28. The summed E-state index contributed by atoms with van der Waals surface area (Å²) in [5, 5.41) is 0. The van der Waals surface area contributed by atoms with Crippen molar-refractivity contribution in [3.63, 3.8) is 0 Å². The molecule has 0 rings (SSSR count). The van der Waals surface area contributed by atoms with Gasteiger partial charge in [0.25, 0.3) is 0 Å². The summed E-state index contributed by atoms with van der Waals surface area (Å²) in [6, 6.07) is 0. The lowest BCUT2D eigenvalue weighted by atomic mass is 10.1. The number of carbonyl (C=O) groups excluding carboxylic acids is 1. The van der Waals surface area contributed by atoms with E-state index in [1.54, 1.807) is 12.3 Å². The van der Waals surface area contributed by atoms with Crippen molar-refractivity contribution in [1.82, 2.24) is 0 Å². The molecule has 0 aliphatic heterocycles. The van der Waals surface area contributed by atoms with E-state index in [0.717, 1.165) is 19.4 Å². The Morgan fingerprint density at radius 2 is 2.12 bits per heavy atom. The maximum Gasteiger partial charge on any atom is 0.150 e. The summed E-state index contributed by atoms with van der Waals surface area (Å²) in [6.45, 7) is 8.43. The van der Waals surface area contributed by atoms with Crippen LogP contribution in [0, 0.1) is 0 Å². The zero-order valence-electron chi connectivity index (χ0n) is 10.8. The van der Waals surface area contributed by atoms with Crippen molar-refractivity contribution in [2.24, 2.45) is 10.7 Å². The second-order valence-electron chi connectivity index (χ2n) is 3.75. The van der Waals surface area contributed by atoms with E-state index in [0.29, 0.717) is 23.1 Å². The fraction of sp³-hybridized carbons (Fsp3) is 0.429. The Bertz CT molecular complexity index is 338. The Balaban J connectivity index is 4.67. The number of hydrogen-bond donors (Lipinski definition) is 1. The van der Waals surface area contributed by atoms with Crippen molar-refractivity contribution in [3.8, 4) is 0 Å². The molecule has 0 aromatic heterocycles. The predicted octanol–water partition coefficient (Wildman–Crippen LogP) is 2.79. The number of unbranched alkanes of at least 4 members (excludes halogenated alkanes) is 2. The Morgan fingerprint density at radius 1 is 1.41 bits per heavy atom. The number of nitrogens with two attached hydrogens (primary N) is 1. The number of allylic oxidation sites excluding steroid dienone is 4. The highest BCUT2D eigenvalue weighted by Crippen LogP contribution is 2.07. The standard InChI is InChI=1S/C14H22N2O/c1-4-6-7-9-16-10-13(12(3)11-17)14(15)8-5-2/h5,8,10-11H,3-4,6-7,9,15H2,1-2H3/b8-5-,14-13?,16-10?. The van der Waals surface area contributed by atoms with Gasteiger partial charge in [0.15, 0.2) is 0 Å². The van der Waals surface area contributed by atoms with Gasteiger partial charge in [-0.3, -0.25) is 9.79 Å². The molecule has 3 heteroatoms. The van der Waals surface area contributed by atoms with Crippen molar-refractivity contribution in [2.45, 2.75) is 33.1 Å². The number of hydrogen-bond acceptors (Lipinski definition) is 3. The zero-order valence-corrected chi connectivity index (χ0v) is 10.8. The van der Waals surface area contributed by atoms with Crippen LogP contribution in [0.5, 0.6) is 0 Å². The molecule has 0 spiro atoms. The molecule has 0 saturated heterocycles. The quantitative estimate of drug-likeness (QED) is 0.231. The average Bonchev–Trinajstić information content (AvgIpc) is 2.33. The van der Waals surface area contributed by atoms with Crippen LogP contribution in [0.15, 0.2) is 40.6 Å². The molecule has 0 aromatic rings. The van der Waals surface area contributed by atoms with E-state index in [4.69, 9.17) is 5.73 Å². The molecule has 0 saturated carbocycles. The molecule has 0 heterocycles. The van der Waals surface area contributed by atoms with Gasteiger partial charge in [-0.25, -0.2) is 0 Å². The maximum atomic E-state index is 10.7. The summed E-state index contributed by atoms with van der Waals surface area (Å²) >= 11 is 0. The Labute approximate surface area is 104 Å². The summed E-state index contributed by atoms with van der Waals surface area (Å²) in [4.78, 5) is 15.0. The minimum atomic E-state index is 0.361. The van der Waals surface area contributed by atoms with Crippen molar-refractivity contribution < 1.29 is 4.79 Å². The largest absolute Gasteiger partial charge is 0.398 e. The van der Waals surface area contributed by atoms with Crippen LogP contribution in [0.25, 0.3) is 0 Å². The highest BCUT2D eigenvalue weighted by Gasteiger charge is 2.02. The first-order chi connectivity index (χ1) is 8.17. The molecule has 0 bridgehead atoms. The fourth-order valence-corrected chi connectivity index (χ4v) is 1.28. The number of aliphatic imine (C=N–C) groups is 1. The monoisotopic (exact) mass is 234 g/mol. The lowest BCUT2D eigenvalue weighted by molar-refractivity contribution is -0.104. The lowest BCUT2D eigenvalue weighted by Crippen LogP contribution is -2.04. The molecule has 0 radical (unpaired) electrons. The van der Waals surface area contributed by atoms with Gasteiger partial charge in [0.1, 0.15) is 6.29 Å². The molecular formula is C14H22N2O. The van der Waals surface area contributed by atoms with Crippen LogP contribution in [-0.2, 0) is 4.79 Å². The van der Waals surface area contributed by atoms with E-state index in [1.807, 2.05) is 13.0 Å². The first-order valence-electron chi connectivity index (χ1n) is 5.94. The molecule has 94 valence electrons. The van der Waals surface area contributed by atoms with Gasteiger partial charge in [-0.15, -0.1) is 0 Å². The van der Waals surface area contributed by atoms with Gasteiger partial charge < -0.3 is 5.73 Å². The third kappa shape index (κ3) is 6.51. The van der Waals surface area contributed by atoms with Crippen LogP contribution >= 0.6 is 0 Å². The first-order valence-corrected chi connectivity index (χ1v) is 5.94. The zero-order chi connectivity index (χ0) is 13.1. The number of rotatable bonds is 8.